The molecule has 4 heteroatoms. The Labute approximate surface area is 131 Å². The summed E-state index contributed by atoms with van der Waals surface area (Å²) in [6.07, 6.45) is 2.55. The van der Waals surface area contributed by atoms with Gasteiger partial charge in [-0.05, 0) is 57.6 Å². The van der Waals surface area contributed by atoms with Crippen LogP contribution in [0.15, 0.2) is 22.7 Å². The Balaban J connectivity index is 2.16. The van der Waals surface area contributed by atoms with E-state index in [1.165, 1.54) is 28.4 Å². The van der Waals surface area contributed by atoms with Crippen molar-refractivity contribution in [3.63, 3.8) is 0 Å². The summed E-state index contributed by atoms with van der Waals surface area (Å²) in [7, 11) is 4.35. The molecule has 1 aliphatic rings. The number of nitrogens with two attached hydrogens (primary N) is 1. The summed E-state index contributed by atoms with van der Waals surface area (Å²) in [6.45, 7) is 5.06. The Morgan fingerprint density at radius 1 is 1.45 bits per heavy atom. The molecular formula is C16H26BrN3. The van der Waals surface area contributed by atoms with Gasteiger partial charge in [0.15, 0.2) is 0 Å². The maximum absolute atomic E-state index is 6.07. The lowest BCUT2D eigenvalue weighted by atomic mass is 9.98. The van der Waals surface area contributed by atoms with E-state index < -0.39 is 0 Å². The van der Waals surface area contributed by atoms with E-state index >= 15 is 0 Å². The molecule has 0 bridgehead atoms. The third kappa shape index (κ3) is 3.61. The van der Waals surface area contributed by atoms with Crippen LogP contribution in [0.5, 0.6) is 0 Å². The third-order valence-corrected chi connectivity index (χ3v) is 5.26. The summed E-state index contributed by atoms with van der Waals surface area (Å²) >= 11 is 3.64. The Morgan fingerprint density at radius 2 is 2.20 bits per heavy atom. The monoisotopic (exact) mass is 339 g/mol. The van der Waals surface area contributed by atoms with Gasteiger partial charge in [-0.3, -0.25) is 4.90 Å². The summed E-state index contributed by atoms with van der Waals surface area (Å²) in [6, 6.07) is 7.60. The molecule has 1 aromatic carbocycles. The minimum atomic E-state index is 0.328. The van der Waals surface area contributed by atoms with Gasteiger partial charge in [0.2, 0.25) is 0 Å². The summed E-state index contributed by atoms with van der Waals surface area (Å²) in [5.41, 5.74) is 8.67. The van der Waals surface area contributed by atoms with Crippen LogP contribution in [0.1, 0.15) is 30.0 Å². The van der Waals surface area contributed by atoms with Gasteiger partial charge >= 0.3 is 0 Å². The summed E-state index contributed by atoms with van der Waals surface area (Å²) in [5.74, 6) is 0. The first kappa shape index (κ1) is 16.0. The fourth-order valence-corrected chi connectivity index (χ4v) is 3.40. The van der Waals surface area contributed by atoms with Crippen molar-refractivity contribution >= 4 is 15.9 Å². The van der Waals surface area contributed by atoms with Gasteiger partial charge in [0.05, 0.1) is 0 Å². The van der Waals surface area contributed by atoms with Crippen LogP contribution in [0.4, 0.5) is 0 Å². The van der Waals surface area contributed by atoms with Gasteiger partial charge in [-0.25, -0.2) is 0 Å². The summed E-state index contributed by atoms with van der Waals surface area (Å²) in [5, 5.41) is 0. The van der Waals surface area contributed by atoms with E-state index in [0.29, 0.717) is 18.6 Å². The molecule has 2 unspecified atom stereocenters. The minimum absolute atomic E-state index is 0.328. The zero-order valence-corrected chi connectivity index (χ0v) is 14.4. The fraction of sp³-hybridized carbons (Fsp3) is 0.625. The molecule has 1 heterocycles. The SMILES string of the molecule is Cc1ccc(C(CN)N2CCCC(N(C)C)C2)cc1Br. The highest BCUT2D eigenvalue weighted by molar-refractivity contribution is 9.10. The highest BCUT2D eigenvalue weighted by Crippen LogP contribution is 2.28. The van der Waals surface area contributed by atoms with E-state index in [2.05, 4.69) is 64.9 Å². The number of piperidine rings is 1. The molecule has 1 fully saturated rings. The fourth-order valence-electron chi connectivity index (χ4n) is 3.00. The quantitative estimate of drug-likeness (QED) is 0.915. The molecule has 1 saturated heterocycles. The molecule has 2 N–H and O–H groups in total. The first-order chi connectivity index (χ1) is 9.52. The molecule has 0 aliphatic carbocycles. The van der Waals surface area contributed by atoms with Crippen molar-refractivity contribution in [2.45, 2.75) is 31.8 Å². The zero-order valence-electron chi connectivity index (χ0n) is 12.8. The van der Waals surface area contributed by atoms with Crippen LogP contribution in [0.25, 0.3) is 0 Å². The average molecular weight is 340 g/mol. The van der Waals surface area contributed by atoms with Gasteiger partial charge in [0.1, 0.15) is 0 Å². The van der Waals surface area contributed by atoms with E-state index in [-0.39, 0.29) is 0 Å². The standard InChI is InChI=1S/C16H26BrN3/c1-12-6-7-13(9-15(12)17)16(10-18)20-8-4-5-14(11-20)19(2)3/h6-7,9,14,16H,4-5,8,10-11,18H2,1-3H3. The van der Waals surface area contributed by atoms with E-state index in [0.717, 1.165) is 13.1 Å². The Morgan fingerprint density at radius 3 is 2.80 bits per heavy atom. The highest BCUT2D eigenvalue weighted by Gasteiger charge is 2.27. The van der Waals surface area contributed by atoms with Crippen LogP contribution >= 0.6 is 15.9 Å². The molecule has 3 nitrogen and oxygen atoms in total. The molecule has 2 atom stereocenters. The summed E-state index contributed by atoms with van der Waals surface area (Å²) in [4.78, 5) is 4.88. The number of nitrogens with zero attached hydrogens (tertiary/aromatic N) is 2. The van der Waals surface area contributed by atoms with Crippen LogP contribution in [-0.4, -0.2) is 49.6 Å². The first-order valence-electron chi connectivity index (χ1n) is 7.39. The molecule has 1 aliphatic heterocycles. The number of aryl methyl sites for hydroxylation is 1. The second-order valence-electron chi connectivity index (χ2n) is 6.01. The van der Waals surface area contributed by atoms with Gasteiger partial charge in [-0.1, -0.05) is 28.1 Å². The van der Waals surface area contributed by atoms with Crippen molar-refractivity contribution in [3.05, 3.63) is 33.8 Å². The van der Waals surface area contributed by atoms with Gasteiger partial charge in [0.25, 0.3) is 0 Å². The minimum Gasteiger partial charge on any atom is -0.329 e. The molecule has 0 aromatic heterocycles. The summed E-state index contributed by atoms with van der Waals surface area (Å²) < 4.78 is 1.18. The highest BCUT2D eigenvalue weighted by atomic mass is 79.9. The number of hydrogen-bond acceptors (Lipinski definition) is 3. The van der Waals surface area contributed by atoms with Crippen molar-refractivity contribution in [1.82, 2.24) is 9.80 Å². The maximum Gasteiger partial charge on any atom is 0.0471 e. The van der Waals surface area contributed by atoms with Crippen LogP contribution < -0.4 is 5.73 Å². The molecule has 112 valence electrons. The molecular weight excluding hydrogens is 314 g/mol. The van der Waals surface area contributed by atoms with Crippen LogP contribution in [0.2, 0.25) is 0 Å². The average Bonchev–Trinajstić information content (AvgIpc) is 2.44. The first-order valence-corrected chi connectivity index (χ1v) is 8.18. The van der Waals surface area contributed by atoms with Crippen LogP contribution in [-0.2, 0) is 0 Å². The topological polar surface area (TPSA) is 32.5 Å². The zero-order chi connectivity index (χ0) is 14.7. The predicted molar refractivity (Wildman–Crippen MR) is 89.0 cm³/mol. The van der Waals surface area contributed by atoms with Gasteiger partial charge in [-0.2, -0.15) is 0 Å². The van der Waals surface area contributed by atoms with Crippen molar-refractivity contribution in [1.29, 1.82) is 0 Å². The number of halogens is 1. The van der Waals surface area contributed by atoms with Crippen molar-refractivity contribution in [2.75, 3.05) is 33.7 Å². The molecule has 2 rings (SSSR count). The number of hydrogen-bond donors (Lipinski definition) is 1. The third-order valence-electron chi connectivity index (χ3n) is 4.40. The van der Waals surface area contributed by atoms with E-state index in [4.69, 9.17) is 5.73 Å². The lowest BCUT2D eigenvalue weighted by Gasteiger charge is -2.40. The Kier molecular flexibility index (Phi) is 5.61. The van der Waals surface area contributed by atoms with Crippen LogP contribution in [0.3, 0.4) is 0 Å². The van der Waals surface area contributed by atoms with Gasteiger partial charge in [-0.15, -0.1) is 0 Å². The molecule has 0 amide bonds. The van der Waals surface area contributed by atoms with Crippen LogP contribution in [0, 0.1) is 6.92 Å². The van der Waals surface area contributed by atoms with E-state index in [1.807, 2.05) is 0 Å². The number of benzene rings is 1. The molecule has 20 heavy (non-hydrogen) atoms. The van der Waals surface area contributed by atoms with E-state index in [9.17, 15) is 0 Å². The second-order valence-corrected chi connectivity index (χ2v) is 6.87. The largest absolute Gasteiger partial charge is 0.329 e. The number of likely N-dealkylation sites (tertiary alicyclic amines) is 1. The normalized spacial score (nSPS) is 22.2. The van der Waals surface area contributed by atoms with Gasteiger partial charge in [0, 0.05) is 29.6 Å². The smallest absolute Gasteiger partial charge is 0.0471 e. The molecule has 1 aromatic rings. The maximum atomic E-state index is 6.07. The van der Waals surface area contributed by atoms with Crippen molar-refractivity contribution < 1.29 is 0 Å². The second kappa shape index (κ2) is 7.03. The number of rotatable bonds is 4. The van der Waals surface area contributed by atoms with Gasteiger partial charge < -0.3 is 10.6 Å². The molecule has 0 spiro atoms. The lowest BCUT2D eigenvalue weighted by molar-refractivity contribution is 0.0984. The van der Waals surface area contributed by atoms with Crippen molar-refractivity contribution in [2.24, 2.45) is 5.73 Å². The van der Waals surface area contributed by atoms with E-state index in [1.54, 1.807) is 0 Å². The number of likely N-dealkylation sites (N-methyl/N-ethyl adjacent to an activating group) is 1. The Hall–Kier alpha value is -0.420. The lowest BCUT2D eigenvalue weighted by Crippen LogP contribution is -2.47. The Bertz CT molecular complexity index is 447. The molecule has 0 radical (unpaired) electrons. The molecule has 0 saturated carbocycles. The van der Waals surface area contributed by atoms with Crippen molar-refractivity contribution in [3.8, 4) is 0 Å². The predicted octanol–water partition coefficient (Wildman–Crippen LogP) is 2.78.